The van der Waals surface area contributed by atoms with Crippen LogP contribution in [0, 0.1) is 0 Å². The number of halogens is 3. The summed E-state index contributed by atoms with van der Waals surface area (Å²) in [6.45, 7) is 0. The first-order valence-corrected chi connectivity index (χ1v) is 8.30. The zero-order chi connectivity index (χ0) is 21.6. The Kier molecular flexibility index (Phi) is 4.29. The van der Waals surface area contributed by atoms with Gasteiger partial charge in [-0.25, -0.2) is 9.50 Å². The van der Waals surface area contributed by atoms with Crippen LogP contribution in [-0.4, -0.2) is 36.2 Å². The largest absolute Gasteiger partial charge is 0.463 e. The van der Waals surface area contributed by atoms with Crippen LogP contribution < -0.4 is 11.1 Å². The van der Waals surface area contributed by atoms with Crippen molar-refractivity contribution in [2.75, 3.05) is 5.32 Å². The Labute approximate surface area is 165 Å². The maximum Gasteiger partial charge on any atom is 0.433 e. The molecular weight excluding hydrogens is 407 g/mol. The van der Waals surface area contributed by atoms with Gasteiger partial charge in [0.1, 0.15) is 17.0 Å². The van der Waals surface area contributed by atoms with Crippen LogP contribution in [0.25, 0.3) is 17.1 Å². The normalized spacial score (nSPS) is 11.7. The van der Waals surface area contributed by atoms with E-state index in [0.717, 1.165) is 16.9 Å². The summed E-state index contributed by atoms with van der Waals surface area (Å²) in [7, 11) is 1.44. The van der Waals surface area contributed by atoms with E-state index in [1.165, 1.54) is 31.6 Å². The molecule has 30 heavy (non-hydrogen) atoms. The molecule has 4 heterocycles. The lowest BCUT2D eigenvalue weighted by atomic mass is 10.2. The summed E-state index contributed by atoms with van der Waals surface area (Å²) in [5.41, 5.74) is 3.30. The van der Waals surface area contributed by atoms with Gasteiger partial charge >= 0.3 is 6.18 Å². The first kappa shape index (κ1) is 19.2. The van der Waals surface area contributed by atoms with Crippen LogP contribution in [0.1, 0.15) is 26.5 Å². The molecule has 4 rings (SSSR count). The molecule has 0 unspecified atom stereocenters. The van der Waals surface area contributed by atoms with E-state index in [1.54, 1.807) is 0 Å². The lowest BCUT2D eigenvalue weighted by molar-refractivity contribution is -0.142. The fourth-order valence-corrected chi connectivity index (χ4v) is 2.89. The summed E-state index contributed by atoms with van der Waals surface area (Å²) >= 11 is 0. The minimum absolute atomic E-state index is 0.00687. The van der Waals surface area contributed by atoms with Gasteiger partial charge in [0.2, 0.25) is 0 Å². The molecule has 0 atom stereocenters. The predicted octanol–water partition coefficient (Wildman–Crippen LogP) is 2.09. The number of aromatic nitrogens is 5. The number of nitrogens with one attached hydrogen (secondary N) is 1. The minimum atomic E-state index is -4.77. The zero-order valence-corrected chi connectivity index (χ0v) is 15.1. The van der Waals surface area contributed by atoms with E-state index in [9.17, 15) is 22.8 Å². The molecule has 0 aliphatic heterocycles. The molecule has 10 nitrogen and oxygen atoms in total. The molecule has 0 aromatic carbocycles. The molecule has 13 heteroatoms. The second-order valence-electron chi connectivity index (χ2n) is 6.14. The van der Waals surface area contributed by atoms with Crippen LogP contribution in [0.4, 0.5) is 18.9 Å². The third kappa shape index (κ3) is 3.15. The van der Waals surface area contributed by atoms with Gasteiger partial charge in [-0.15, -0.1) is 0 Å². The van der Waals surface area contributed by atoms with Gasteiger partial charge in [0, 0.05) is 7.05 Å². The van der Waals surface area contributed by atoms with Crippen LogP contribution in [0.3, 0.4) is 0 Å². The molecule has 2 amide bonds. The number of nitrogens with zero attached hydrogens (tertiary/aromatic N) is 5. The van der Waals surface area contributed by atoms with Crippen molar-refractivity contribution in [3.05, 3.63) is 53.8 Å². The molecule has 0 saturated heterocycles. The summed E-state index contributed by atoms with van der Waals surface area (Å²) < 4.78 is 47.5. The van der Waals surface area contributed by atoms with Gasteiger partial charge in [0.15, 0.2) is 17.1 Å². The zero-order valence-electron chi connectivity index (χ0n) is 15.1. The molecule has 0 saturated carbocycles. The Morgan fingerprint density at radius 2 is 2.00 bits per heavy atom. The van der Waals surface area contributed by atoms with Gasteiger partial charge in [-0.3, -0.25) is 14.3 Å². The maximum absolute atomic E-state index is 13.6. The Hall–Kier alpha value is -4.16. The van der Waals surface area contributed by atoms with E-state index in [1.807, 2.05) is 0 Å². The van der Waals surface area contributed by atoms with Gasteiger partial charge in [0.05, 0.1) is 24.3 Å². The second kappa shape index (κ2) is 6.72. The lowest BCUT2D eigenvalue weighted by Gasteiger charge is -2.10. The highest BCUT2D eigenvalue weighted by Crippen LogP contribution is 2.33. The lowest BCUT2D eigenvalue weighted by Crippen LogP contribution is -2.20. The summed E-state index contributed by atoms with van der Waals surface area (Å²) in [4.78, 5) is 28.4. The monoisotopic (exact) mass is 419 g/mol. The maximum atomic E-state index is 13.6. The number of primary amides is 1. The summed E-state index contributed by atoms with van der Waals surface area (Å²) in [6, 6.07) is 3.70. The van der Waals surface area contributed by atoms with Gasteiger partial charge in [-0.05, 0) is 18.2 Å². The van der Waals surface area contributed by atoms with E-state index in [-0.39, 0.29) is 34.0 Å². The highest BCUT2D eigenvalue weighted by Gasteiger charge is 2.36. The van der Waals surface area contributed by atoms with Crippen molar-refractivity contribution in [3.8, 4) is 11.5 Å². The third-order valence-corrected chi connectivity index (χ3v) is 4.20. The number of anilines is 1. The second-order valence-corrected chi connectivity index (χ2v) is 6.14. The fourth-order valence-electron chi connectivity index (χ4n) is 2.89. The molecule has 0 bridgehead atoms. The van der Waals surface area contributed by atoms with Crippen molar-refractivity contribution in [1.29, 1.82) is 0 Å². The highest BCUT2D eigenvalue weighted by atomic mass is 19.4. The van der Waals surface area contributed by atoms with Gasteiger partial charge in [-0.2, -0.15) is 23.4 Å². The SMILES string of the molecule is Cn1ncc(NC(=O)c2cnn3c(C(F)(F)F)cc(-c4ccco4)nc23)c1C(N)=O. The molecule has 3 N–H and O–H groups in total. The molecule has 4 aromatic rings. The number of carbonyl (C=O) groups excluding carboxylic acids is 2. The van der Waals surface area contributed by atoms with E-state index in [4.69, 9.17) is 10.2 Å². The van der Waals surface area contributed by atoms with Gasteiger partial charge < -0.3 is 15.5 Å². The van der Waals surface area contributed by atoms with Gasteiger partial charge in [0.25, 0.3) is 11.8 Å². The van der Waals surface area contributed by atoms with Crippen molar-refractivity contribution < 1.29 is 27.2 Å². The van der Waals surface area contributed by atoms with Crippen LogP contribution >= 0.6 is 0 Å². The van der Waals surface area contributed by atoms with Crippen molar-refractivity contribution >= 4 is 23.1 Å². The number of fused-ring (bicyclic) bond motifs is 1. The van der Waals surface area contributed by atoms with E-state index in [2.05, 4.69) is 20.5 Å². The Bertz CT molecular complexity index is 1270. The standard InChI is InChI=1S/C17H12F3N7O3/c1-26-13(14(21)28)10(7-22-26)25-16(29)8-6-23-27-12(17(18,19)20)5-9(24-15(8)27)11-3-2-4-30-11/h2-7H,1H3,(H2,21,28)(H,25,29). The number of nitrogens with two attached hydrogens (primary N) is 1. The number of carbonyl (C=O) groups is 2. The Morgan fingerprint density at radius 1 is 1.23 bits per heavy atom. The summed E-state index contributed by atoms with van der Waals surface area (Å²) in [6.07, 6.45) is -1.36. The minimum Gasteiger partial charge on any atom is -0.463 e. The first-order chi connectivity index (χ1) is 14.2. The molecule has 4 aromatic heterocycles. The average molecular weight is 419 g/mol. The molecule has 0 radical (unpaired) electrons. The Balaban J connectivity index is 1.83. The number of furan rings is 1. The molecule has 0 aliphatic rings. The quantitative estimate of drug-likeness (QED) is 0.520. The van der Waals surface area contributed by atoms with Crippen molar-refractivity contribution in [3.63, 3.8) is 0 Å². The van der Waals surface area contributed by atoms with E-state index < -0.39 is 23.7 Å². The fraction of sp³-hybridized carbons (Fsp3) is 0.118. The van der Waals surface area contributed by atoms with Crippen molar-refractivity contribution in [1.82, 2.24) is 24.4 Å². The molecular formula is C17H12F3N7O3. The van der Waals surface area contributed by atoms with Crippen LogP contribution in [0.2, 0.25) is 0 Å². The van der Waals surface area contributed by atoms with Crippen LogP contribution in [0.15, 0.2) is 41.3 Å². The number of hydrogen-bond acceptors (Lipinski definition) is 6. The molecule has 154 valence electrons. The average Bonchev–Trinajstić information content (AvgIpc) is 3.39. The number of hydrogen-bond donors (Lipinski definition) is 2. The Morgan fingerprint density at radius 3 is 2.63 bits per heavy atom. The highest BCUT2D eigenvalue weighted by molar-refractivity contribution is 6.10. The van der Waals surface area contributed by atoms with E-state index in [0.29, 0.717) is 4.52 Å². The van der Waals surface area contributed by atoms with E-state index >= 15 is 0 Å². The molecule has 0 aliphatic carbocycles. The van der Waals surface area contributed by atoms with Crippen LogP contribution in [-0.2, 0) is 13.2 Å². The molecule has 0 spiro atoms. The number of alkyl halides is 3. The third-order valence-electron chi connectivity index (χ3n) is 4.20. The topological polar surface area (TPSA) is 133 Å². The van der Waals surface area contributed by atoms with Crippen molar-refractivity contribution in [2.45, 2.75) is 6.18 Å². The number of aryl methyl sites for hydroxylation is 1. The molecule has 0 fully saturated rings. The van der Waals surface area contributed by atoms with Gasteiger partial charge in [-0.1, -0.05) is 0 Å². The summed E-state index contributed by atoms with van der Waals surface area (Å²) in [5.74, 6) is -1.61. The predicted molar refractivity (Wildman–Crippen MR) is 95.4 cm³/mol. The number of rotatable bonds is 4. The first-order valence-electron chi connectivity index (χ1n) is 8.30. The van der Waals surface area contributed by atoms with Crippen LogP contribution in [0.5, 0.6) is 0 Å². The van der Waals surface area contributed by atoms with Crippen molar-refractivity contribution in [2.24, 2.45) is 12.8 Å². The number of amides is 2. The smallest absolute Gasteiger partial charge is 0.433 e. The summed E-state index contributed by atoms with van der Waals surface area (Å²) in [5, 5.41) is 9.89.